The molecule has 1 amide bonds. The molecule has 1 aromatic carbocycles. The maximum absolute atomic E-state index is 12.7. The summed E-state index contributed by atoms with van der Waals surface area (Å²) in [5.74, 6) is -0.556. The number of halogens is 1. The number of carbonyl (C=O) groups is 1. The third-order valence-electron chi connectivity index (χ3n) is 5.92. The van der Waals surface area contributed by atoms with Crippen LogP contribution in [0.4, 0.5) is 5.69 Å². The number of nitriles is 1. The van der Waals surface area contributed by atoms with Gasteiger partial charge in [-0.1, -0.05) is 11.6 Å². The van der Waals surface area contributed by atoms with Gasteiger partial charge in [-0.15, -0.1) is 0 Å². The van der Waals surface area contributed by atoms with Crippen LogP contribution in [0.3, 0.4) is 0 Å². The third-order valence-corrected chi connectivity index (χ3v) is 6.17. The third kappa shape index (κ3) is 4.09. The Hall–Kier alpha value is -2.73. The van der Waals surface area contributed by atoms with Gasteiger partial charge in [-0.05, 0) is 57.0 Å². The van der Waals surface area contributed by atoms with Crippen LogP contribution in [0.1, 0.15) is 33.1 Å². The molecule has 2 saturated heterocycles. The summed E-state index contributed by atoms with van der Waals surface area (Å²) in [5.41, 5.74) is 2.91. The molecule has 0 spiro atoms. The Balaban J connectivity index is 1.69. The summed E-state index contributed by atoms with van der Waals surface area (Å²) in [6.07, 6.45) is 4.27. The van der Waals surface area contributed by atoms with E-state index in [1.165, 1.54) is 6.21 Å². The highest BCUT2D eigenvalue weighted by atomic mass is 35.5. The molecule has 0 saturated carbocycles. The van der Waals surface area contributed by atoms with Crippen LogP contribution in [0.2, 0.25) is 5.02 Å². The zero-order valence-corrected chi connectivity index (χ0v) is 18.1. The molecule has 4 rings (SSSR count). The first-order valence-corrected chi connectivity index (χ1v) is 10.5. The lowest BCUT2D eigenvalue weighted by atomic mass is 9.82. The molecule has 162 valence electrons. The summed E-state index contributed by atoms with van der Waals surface area (Å²) in [4.78, 5) is 21.2. The lowest BCUT2D eigenvalue weighted by molar-refractivity contribution is -0.151. The van der Waals surface area contributed by atoms with Crippen LogP contribution in [0.5, 0.6) is 0 Å². The van der Waals surface area contributed by atoms with Gasteiger partial charge in [0.15, 0.2) is 0 Å². The van der Waals surface area contributed by atoms with Crippen molar-refractivity contribution < 1.29 is 14.6 Å². The summed E-state index contributed by atoms with van der Waals surface area (Å²) in [6, 6.07) is 9.25. The normalized spacial score (nSPS) is 29.4. The smallest absolute Gasteiger partial charge is 0.262 e. The highest BCUT2D eigenvalue weighted by Crippen LogP contribution is 2.41. The van der Waals surface area contributed by atoms with E-state index in [4.69, 9.17) is 16.3 Å². The Morgan fingerprint density at radius 2 is 2.19 bits per heavy atom. The van der Waals surface area contributed by atoms with Gasteiger partial charge in [-0.25, -0.2) is 9.98 Å². The van der Waals surface area contributed by atoms with Crippen LogP contribution < -0.4 is 5.43 Å². The quantitative estimate of drug-likeness (QED) is 0.743. The van der Waals surface area contributed by atoms with Crippen LogP contribution >= 0.6 is 11.6 Å². The van der Waals surface area contributed by atoms with Gasteiger partial charge in [0.05, 0.1) is 47.7 Å². The van der Waals surface area contributed by atoms with Crippen molar-refractivity contribution in [2.75, 3.05) is 6.61 Å². The highest BCUT2D eigenvalue weighted by molar-refractivity contribution is 6.30. The SMILES string of the molecule is CC(C)(O)[C@@H]1CC[C@@](CC#N)(N2NC(=Nc3ccc(Cl)cc3)C3C(=O)N=CC=C32)CO1. The van der Waals surface area contributed by atoms with E-state index in [0.29, 0.717) is 35.1 Å². The first kappa shape index (κ1) is 21.5. The fraction of sp³-hybridized carbons (Fsp3) is 0.455. The Labute approximate surface area is 185 Å². The number of aliphatic imine (C=N–C) groups is 2. The number of hydrazine groups is 1. The predicted octanol–water partition coefficient (Wildman–Crippen LogP) is 2.90. The standard InChI is InChI=1S/C22H24ClN5O3/c1-21(2,30)17-7-9-22(10-11-24,13-31-17)28-16-8-12-25-20(29)18(16)19(27-28)26-15-5-3-14(23)4-6-15/h3-6,8,12,17-18,30H,7,9-10,13H2,1-2H3,(H,26,27)/t17-,18?,22-/m0/s1. The Kier molecular flexibility index (Phi) is 5.60. The number of fused-ring (bicyclic) bond motifs is 1. The molecule has 0 aliphatic carbocycles. The minimum absolute atomic E-state index is 0.183. The van der Waals surface area contributed by atoms with E-state index in [2.05, 4.69) is 21.5 Å². The molecule has 3 aliphatic rings. The van der Waals surface area contributed by atoms with Gasteiger partial charge >= 0.3 is 0 Å². The topological polar surface area (TPSA) is 110 Å². The molecule has 9 heteroatoms. The Bertz CT molecular complexity index is 995. The zero-order valence-electron chi connectivity index (χ0n) is 17.4. The minimum Gasteiger partial charge on any atom is -0.388 e. The van der Waals surface area contributed by atoms with Crippen molar-refractivity contribution in [2.24, 2.45) is 15.9 Å². The van der Waals surface area contributed by atoms with E-state index < -0.39 is 17.1 Å². The fourth-order valence-electron chi connectivity index (χ4n) is 4.24. The summed E-state index contributed by atoms with van der Waals surface area (Å²) in [6.45, 7) is 3.66. The van der Waals surface area contributed by atoms with Gasteiger partial charge in [0.1, 0.15) is 11.8 Å². The Morgan fingerprint density at radius 1 is 1.45 bits per heavy atom. The zero-order chi connectivity index (χ0) is 22.2. The first-order valence-electron chi connectivity index (χ1n) is 10.1. The van der Waals surface area contributed by atoms with E-state index >= 15 is 0 Å². The van der Waals surface area contributed by atoms with Gasteiger partial charge in [0, 0.05) is 11.2 Å². The number of allylic oxidation sites excluding steroid dienone is 1. The number of aliphatic hydroxyl groups is 1. The first-order chi connectivity index (χ1) is 14.7. The fourth-order valence-corrected chi connectivity index (χ4v) is 4.36. The number of rotatable bonds is 4. The van der Waals surface area contributed by atoms with E-state index in [9.17, 15) is 15.2 Å². The summed E-state index contributed by atoms with van der Waals surface area (Å²) < 4.78 is 6.01. The van der Waals surface area contributed by atoms with Crippen LogP contribution in [-0.2, 0) is 9.53 Å². The highest BCUT2D eigenvalue weighted by Gasteiger charge is 2.52. The lowest BCUT2D eigenvalue weighted by Crippen LogP contribution is -2.59. The molecular weight excluding hydrogens is 418 g/mol. The second-order valence-electron chi connectivity index (χ2n) is 8.61. The second kappa shape index (κ2) is 8.08. The predicted molar refractivity (Wildman–Crippen MR) is 117 cm³/mol. The number of ether oxygens (including phenoxy) is 1. The summed E-state index contributed by atoms with van der Waals surface area (Å²) >= 11 is 5.97. The number of nitrogens with zero attached hydrogens (tertiary/aromatic N) is 4. The molecule has 8 nitrogen and oxygen atoms in total. The van der Waals surface area contributed by atoms with Crippen LogP contribution in [0, 0.1) is 17.2 Å². The molecule has 0 bridgehead atoms. The molecule has 0 radical (unpaired) electrons. The number of hydrogen-bond acceptors (Lipinski definition) is 6. The van der Waals surface area contributed by atoms with Crippen molar-refractivity contribution in [1.82, 2.24) is 10.4 Å². The summed E-state index contributed by atoms with van der Waals surface area (Å²) in [5, 5.41) is 22.4. The summed E-state index contributed by atoms with van der Waals surface area (Å²) in [7, 11) is 0. The van der Waals surface area contributed by atoms with Gasteiger partial charge in [-0.2, -0.15) is 5.26 Å². The largest absolute Gasteiger partial charge is 0.388 e. The van der Waals surface area contributed by atoms with Crippen molar-refractivity contribution in [3.63, 3.8) is 0 Å². The molecule has 1 unspecified atom stereocenters. The molecule has 31 heavy (non-hydrogen) atoms. The number of benzene rings is 1. The number of dihydropyridines is 1. The number of amides is 1. The monoisotopic (exact) mass is 441 g/mol. The van der Waals surface area contributed by atoms with Gasteiger partial charge in [0.2, 0.25) is 0 Å². The van der Waals surface area contributed by atoms with Gasteiger partial charge in [0.25, 0.3) is 5.91 Å². The number of hydrogen-bond donors (Lipinski definition) is 2. The number of carbonyl (C=O) groups excluding carboxylic acids is 1. The molecule has 3 aliphatic heterocycles. The molecule has 3 atom stereocenters. The van der Waals surface area contributed by atoms with Crippen molar-refractivity contribution >= 4 is 35.2 Å². The van der Waals surface area contributed by atoms with Crippen LogP contribution in [-0.4, -0.2) is 51.9 Å². The molecular formula is C22H24ClN5O3. The average molecular weight is 442 g/mol. The molecule has 3 heterocycles. The maximum Gasteiger partial charge on any atom is 0.262 e. The van der Waals surface area contributed by atoms with Crippen LogP contribution in [0.25, 0.3) is 0 Å². The minimum atomic E-state index is -0.978. The number of amidine groups is 1. The maximum atomic E-state index is 12.7. The van der Waals surface area contributed by atoms with E-state index in [-0.39, 0.29) is 25.0 Å². The van der Waals surface area contributed by atoms with E-state index in [1.807, 2.05) is 5.01 Å². The second-order valence-corrected chi connectivity index (χ2v) is 9.05. The van der Waals surface area contributed by atoms with Crippen molar-refractivity contribution in [2.45, 2.75) is 50.4 Å². The molecule has 0 aromatic heterocycles. The van der Waals surface area contributed by atoms with Crippen molar-refractivity contribution in [3.8, 4) is 6.07 Å². The number of nitrogens with one attached hydrogen (secondary N) is 1. The van der Waals surface area contributed by atoms with E-state index in [1.54, 1.807) is 44.2 Å². The molecule has 1 aromatic rings. The molecule has 2 N–H and O–H groups in total. The van der Waals surface area contributed by atoms with E-state index in [0.717, 1.165) is 0 Å². The molecule has 2 fully saturated rings. The van der Waals surface area contributed by atoms with Crippen molar-refractivity contribution in [1.29, 1.82) is 5.26 Å². The van der Waals surface area contributed by atoms with Crippen molar-refractivity contribution in [3.05, 3.63) is 41.1 Å². The lowest BCUT2D eigenvalue weighted by Gasteiger charge is -2.47. The van der Waals surface area contributed by atoms with Gasteiger partial charge in [-0.3, -0.25) is 15.2 Å². The van der Waals surface area contributed by atoms with Gasteiger partial charge < -0.3 is 9.84 Å². The Morgan fingerprint density at radius 3 is 2.81 bits per heavy atom. The average Bonchev–Trinajstić information content (AvgIpc) is 3.10. The van der Waals surface area contributed by atoms with Crippen LogP contribution in [0.15, 0.2) is 46.0 Å².